The number of hydrogen-bond donors (Lipinski definition) is 1. The van der Waals surface area contributed by atoms with E-state index in [4.69, 9.17) is 4.74 Å². The highest BCUT2D eigenvalue weighted by Gasteiger charge is 2.26. The molecule has 146 valence electrons. The summed E-state index contributed by atoms with van der Waals surface area (Å²) >= 11 is 0. The van der Waals surface area contributed by atoms with E-state index in [2.05, 4.69) is 66.1 Å². The molecule has 0 amide bonds. The third kappa shape index (κ3) is 5.32. The number of aliphatic hydroxyl groups excluding tert-OH is 1. The largest absolute Gasteiger partial charge is 0.496 e. The fourth-order valence-corrected chi connectivity index (χ4v) is 3.96. The number of rotatable bonds is 7. The first-order chi connectivity index (χ1) is 13.1. The summed E-state index contributed by atoms with van der Waals surface area (Å²) < 4.78 is 5.37. The second-order valence-electron chi connectivity index (χ2n) is 7.66. The van der Waals surface area contributed by atoms with Gasteiger partial charge in [-0.25, -0.2) is 0 Å². The summed E-state index contributed by atoms with van der Waals surface area (Å²) in [6.07, 6.45) is 0.819. The van der Waals surface area contributed by atoms with Crippen molar-refractivity contribution in [2.75, 3.05) is 33.4 Å². The molecule has 0 aliphatic carbocycles. The Kier molecular flexibility index (Phi) is 6.89. The predicted octanol–water partition coefficient (Wildman–Crippen LogP) is 3.38. The van der Waals surface area contributed by atoms with Gasteiger partial charge in [0.25, 0.3) is 0 Å². The van der Waals surface area contributed by atoms with Crippen LogP contribution in [-0.2, 0) is 13.1 Å². The van der Waals surface area contributed by atoms with Crippen LogP contribution in [0.25, 0.3) is 0 Å². The summed E-state index contributed by atoms with van der Waals surface area (Å²) in [5.74, 6) is 0.938. The van der Waals surface area contributed by atoms with Crippen molar-refractivity contribution >= 4 is 0 Å². The van der Waals surface area contributed by atoms with Gasteiger partial charge >= 0.3 is 0 Å². The maximum Gasteiger partial charge on any atom is 0.121 e. The Bertz CT molecular complexity index is 730. The summed E-state index contributed by atoms with van der Waals surface area (Å²) in [5.41, 5.74) is 5.15. The number of benzene rings is 2. The second kappa shape index (κ2) is 9.36. The average Bonchev–Trinajstić information content (AvgIpc) is 2.66. The molecule has 0 radical (unpaired) electrons. The lowest BCUT2D eigenvalue weighted by Crippen LogP contribution is -2.52. The number of aryl methyl sites for hydroxylation is 2. The Hall–Kier alpha value is -1.88. The van der Waals surface area contributed by atoms with Crippen molar-refractivity contribution in [1.82, 2.24) is 9.80 Å². The maximum absolute atomic E-state index is 9.56. The highest BCUT2D eigenvalue weighted by molar-refractivity contribution is 5.36. The zero-order chi connectivity index (χ0) is 19.2. The Morgan fingerprint density at radius 3 is 2.41 bits per heavy atom. The van der Waals surface area contributed by atoms with E-state index >= 15 is 0 Å². The van der Waals surface area contributed by atoms with Crippen molar-refractivity contribution in [3.05, 3.63) is 64.7 Å². The smallest absolute Gasteiger partial charge is 0.121 e. The average molecular weight is 369 g/mol. The molecule has 1 atom stereocenters. The van der Waals surface area contributed by atoms with Crippen LogP contribution in [0.3, 0.4) is 0 Å². The molecule has 1 saturated heterocycles. The van der Waals surface area contributed by atoms with E-state index in [0.717, 1.165) is 44.9 Å². The minimum absolute atomic E-state index is 0.237. The van der Waals surface area contributed by atoms with Crippen molar-refractivity contribution in [3.63, 3.8) is 0 Å². The van der Waals surface area contributed by atoms with Crippen LogP contribution >= 0.6 is 0 Å². The molecule has 2 aromatic carbocycles. The van der Waals surface area contributed by atoms with E-state index in [0.29, 0.717) is 6.04 Å². The van der Waals surface area contributed by atoms with Gasteiger partial charge in [-0.1, -0.05) is 42.0 Å². The predicted molar refractivity (Wildman–Crippen MR) is 110 cm³/mol. The summed E-state index contributed by atoms with van der Waals surface area (Å²) in [4.78, 5) is 5.03. The minimum Gasteiger partial charge on any atom is -0.496 e. The molecule has 1 N–H and O–H groups in total. The topological polar surface area (TPSA) is 35.9 Å². The molecule has 2 aromatic rings. The molecule has 1 aliphatic rings. The molecule has 3 rings (SSSR count). The lowest BCUT2D eigenvalue weighted by molar-refractivity contribution is 0.0499. The molecule has 0 spiro atoms. The molecule has 4 nitrogen and oxygen atoms in total. The fourth-order valence-electron chi connectivity index (χ4n) is 3.96. The number of methoxy groups -OCH3 is 1. The van der Waals surface area contributed by atoms with Crippen molar-refractivity contribution in [2.24, 2.45) is 0 Å². The van der Waals surface area contributed by atoms with Gasteiger partial charge in [-0.05, 0) is 43.0 Å². The first-order valence-corrected chi connectivity index (χ1v) is 9.85. The third-order valence-electron chi connectivity index (χ3n) is 5.52. The fraction of sp³-hybridized carbons (Fsp3) is 0.478. The molecule has 1 aliphatic heterocycles. The third-order valence-corrected chi connectivity index (χ3v) is 5.52. The van der Waals surface area contributed by atoms with Crippen LogP contribution in [0, 0.1) is 13.8 Å². The molecule has 27 heavy (non-hydrogen) atoms. The van der Waals surface area contributed by atoms with Crippen LogP contribution in [0.4, 0.5) is 0 Å². The van der Waals surface area contributed by atoms with Crippen LogP contribution in [0.1, 0.15) is 28.7 Å². The number of nitrogens with zero attached hydrogens (tertiary/aromatic N) is 2. The van der Waals surface area contributed by atoms with Gasteiger partial charge in [-0.15, -0.1) is 0 Å². The normalized spacial score (nSPS) is 18.6. The van der Waals surface area contributed by atoms with Gasteiger partial charge in [0.05, 0.1) is 7.11 Å². The molecular formula is C23H32N2O2. The van der Waals surface area contributed by atoms with E-state index in [9.17, 15) is 5.11 Å². The second-order valence-corrected chi connectivity index (χ2v) is 7.66. The van der Waals surface area contributed by atoms with Crippen molar-refractivity contribution in [3.8, 4) is 5.75 Å². The first-order valence-electron chi connectivity index (χ1n) is 9.85. The zero-order valence-corrected chi connectivity index (χ0v) is 16.8. The lowest BCUT2D eigenvalue weighted by atomic mass is 10.0. The Morgan fingerprint density at radius 1 is 1.00 bits per heavy atom. The molecule has 1 fully saturated rings. The van der Waals surface area contributed by atoms with Gasteiger partial charge in [-0.3, -0.25) is 9.80 Å². The summed E-state index contributed by atoms with van der Waals surface area (Å²) in [6, 6.07) is 15.6. The number of ether oxygens (including phenoxy) is 1. The molecule has 0 aromatic heterocycles. The van der Waals surface area contributed by atoms with Crippen molar-refractivity contribution in [1.29, 1.82) is 0 Å². The molecular weight excluding hydrogens is 336 g/mol. The first kappa shape index (κ1) is 19.9. The van der Waals surface area contributed by atoms with Gasteiger partial charge in [0.1, 0.15) is 5.75 Å². The lowest BCUT2D eigenvalue weighted by Gasteiger charge is -2.41. The van der Waals surface area contributed by atoms with Gasteiger partial charge in [0.15, 0.2) is 0 Å². The van der Waals surface area contributed by atoms with Gasteiger partial charge in [-0.2, -0.15) is 0 Å². The van der Waals surface area contributed by atoms with E-state index in [1.807, 2.05) is 0 Å². The number of piperazine rings is 1. The highest BCUT2D eigenvalue weighted by Crippen LogP contribution is 2.22. The van der Waals surface area contributed by atoms with E-state index in [-0.39, 0.29) is 6.61 Å². The maximum atomic E-state index is 9.56. The van der Waals surface area contributed by atoms with Gasteiger partial charge in [0, 0.05) is 45.4 Å². The monoisotopic (exact) mass is 368 g/mol. The SMILES string of the molecule is COc1ccc(CN2CCN(Cc3ccc(C)cc3)C[C@@H]2CCO)cc1C. The molecule has 0 saturated carbocycles. The van der Waals surface area contributed by atoms with Gasteiger partial charge < -0.3 is 9.84 Å². The number of hydrogen-bond acceptors (Lipinski definition) is 4. The standard InChI is InChI=1S/C23H32N2O2/c1-18-4-6-20(7-5-18)15-24-11-12-25(22(17-24)10-13-26)16-21-8-9-23(27-3)19(2)14-21/h4-9,14,22,26H,10-13,15-17H2,1-3H3/t22-/m0/s1. The van der Waals surface area contributed by atoms with Gasteiger partial charge in [0.2, 0.25) is 0 Å². The molecule has 4 heteroatoms. The number of aliphatic hydroxyl groups is 1. The van der Waals surface area contributed by atoms with Crippen LogP contribution in [0.2, 0.25) is 0 Å². The van der Waals surface area contributed by atoms with Crippen molar-refractivity contribution in [2.45, 2.75) is 39.4 Å². The van der Waals surface area contributed by atoms with E-state index in [1.54, 1.807) is 7.11 Å². The van der Waals surface area contributed by atoms with Crippen LogP contribution in [-0.4, -0.2) is 54.3 Å². The zero-order valence-electron chi connectivity index (χ0n) is 16.8. The van der Waals surface area contributed by atoms with E-state index in [1.165, 1.54) is 22.3 Å². The van der Waals surface area contributed by atoms with Crippen molar-refractivity contribution < 1.29 is 9.84 Å². The molecule has 1 heterocycles. The Balaban J connectivity index is 1.63. The summed E-state index contributed by atoms with van der Waals surface area (Å²) in [6.45, 7) is 9.45. The summed E-state index contributed by atoms with van der Waals surface area (Å²) in [5, 5.41) is 9.56. The molecule has 0 bridgehead atoms. The Morgan fingerprint density at radius 2 is 1.74 bits per heavy atom. The van der Waals surface area contributed by atoms with E-state index < -0.39 is 0 Å². The minimum atomic E-state index is 0.237. The quantitative estimate of drug-likeness (QED) is 0.813. The van der Waals surface area contributed by atoms with Crippen LogP contribution in [0.5, 0.6) is 5.75 Å². The highest BCUT2D eigenvalue weighted by atomic mass is 16.5. The Labute approximate surface area is 163 Å². The molecule has 0 unspecified atom stereocenters. The summed E-state index contributed by atoms with van der Waals surface area (Å²) in [7, 11) is 1.71. The van der Waals surface area contributed by atoms with Crippen LogP contribution < -0.4 is 4.74 Å². The van der Waals surface area contributed by atoms with Crippen LogP contribution in [0.15, 0.2) is 42.5 Å².